The number of carbonyl (C=O) groups excluding carboxylic acids is 1. The molecule has 132 valence electrons. The zero-order valence-corrected chi connectivity index (χ0v) is 15.0. The second kappa shape index (κ2) is 10.5. The predicted molar refractivity (Wildman–Crippen MR) is 102 cm³/mol. The molecular formula is C22H26O3. The van der Waals surface area contributed by atoms with E-state index in [1.165, 1.54) is 11.1 Å². The standard InChI is InChI=1S/C22H26O3/c1-18(14-20-11-12-22(24-2)15-21(20)16-23)8-6-7-13-25-17-19-9-4-3-5-10-19/h3-5,9-12,14-16H,6-8,13,17H2,1-2H3/b18-14-. The highest BCUT2D eigenvalue weighted by atomic mass is 16.5. The molecule has 2 rings (SSSR count). The zero-order chi connectivity index (χ0) is 17.9. The van der Waals surface area contributed by atoms with Crippen molar-refractivity contribution >= 4 is 12.4 Å². The van der Waals surface area contributed by atoms with Crippen LogP contribution < -0.4 is 4.74 Å². The van der Waals surface area contributed by atoms with E-state index in [0.29, 0.717) is 17.9 Å². The smallest absolute Gasteiger partial charge is 0.150 e. The highest BCUT2D eigenvalue weighted by molar-refractivity contribution is 5.83. The molecule has 0 unspecified atom stereocenters. The molecule has 0 saturated carbocycles. The first-order chi connectivity index (χ1) is 12.2. The van der Waals surface area contributed by atoms with E-state index < -0.39 is 0 Å². The van der Waals surface area contributed by atoms with E-state index in [1.54, 1.807) is 13.2 Å². The molecule has 0 heterocycles. The van der Waals surface area contributed by atoms with Crippen LogP contribution in [0.1, 0.15) is 47.7 Å². The Labute approximate surface area is 150 Å². The molecule has 25 heavy (non-hydrogen) atoms. The van der Waals surface area contributed by atoms with Crippen molar-refractivity contribution in [2.24, 2.45) is 0 Å². The first-order valence-electron chi connectivity index (χ1n) is 8.65. The van der Waals surface area contributed by atoms with Crippen LogP contribution in [0.2, 0.25) is 0 Å². The van der Waals surface area contributed by atoms with Crippen molar-refractivity contribution in [1.82, 2.24) is 0 Å². The number of ether oxygens (including phenoxy) is 2. The van der Waals surface area contributed by atoms with Gasteiger partial charge in [0.2, 0.25) is 0 Å². The topological polar surface area (TPSA) is 35.5 Å². The van der Waals surface area contributed by atoms with Gasteiger partial charge in [-0.1, -0.05) is 48.0 Å². The van der Waals surface area contributed by atoms with Crippen LogP contribution in [0, 0.1) is 0 Å². The summed E-state index contributed by atoms with van der Waals surface area (Å²) in [5.41, 5.74) is 4.06. The number of allylic oxidation sites excluding steroid dienone is 1. The largest absolute Gasteiger partial charge is 0.497 e. The van der Waals surface area contributed by atoms with Crippen molar-refractivity contribution < 1.29 is 14.3 Å². The molecule has 0 fully saturated rings. The number of carbonyl (C=O) groups is 1. The fourth-order valence-electron chi connectivity index (χ4n) is 2.62. The number of methoxy groups -OCH3 is 1. The summed E-state index contributed by atoms with van der Waals surface area (Å²) in [6, 6.07) is 15.8. The fourth-order valence-corrected chi connectivity index (χ4v) is 2.62. The Bertz CT molecular complexity index is 690. The van der Waals surface area contributed by atoms with Gasteiger partial charge in [0.05, 0.1) is 13.7 Å². The molecule has 0 amide bonds. The average Bonchev–Trinajstić information content (AvgIpc) is 2.65. The lowest BCUT2D eigenvalue weighted by Crippen LogP contribution is -1.95. The van der Waals surface area contributed by atoms with Crippen LogP contribution in [0.25, 0.3) is 6.08 Å². The van der Waals surface area contributed by atoms with Gasteiger partial charge in [-0.25, -0.2) is 0 Å². The number of aldehydes is 1. The molecule has 0 saturated heterocycles. The van der Waals surface area contributed by atoms with E-state index in [0.717, 1.165) is 37.7 Å². The maximum absolute atomic E-state index is 11.2. The molecule has 0 aliphatic carbocycles. The van der Waals surface area contributed by atoms with Gasteiger partial charge in [-0.3, -0.25) is 4.79 Å². The summed E-state index contributed by atoms with van der Waals surface area (Å²) in [5, 5.41) is 0. The maximum atomic E-state index is 11.2. The van der Waals surface area contributed by atoms with E-state index in [1.807, 2.05) is 30.3 Å². The van der Waals surface area contributed by atoms with Crippen LogP contribution in [0.3, 0.4) is 0 Å². The molecule has 0 aliphatic rings. The van der Waals surface area contributed by atoms with Crippen molar-refractivity contribution in [3.8, 4) is 5.75 Å². The molecule has 0 aromatic heterocycles. The van der Waals surface area contributed by atoms with Gasteiger partial charge in [-0.05, 0) is 49.4 Å². The van der Waals surface area contributed by atoms with Gasteiger partial charge in [0, 0.05) is 12.2 Å². The van der Waals surface area contributed by atoms with Crippen molar-refractivity contribution in [2.45, 2.75) is 32.8 Å². The average molecular weight is 338 g/mol. The Morgan fingerprint density at radius 3 is 2.56 bits per heavy atom. The molecule has 0 radical (unpaired) electrons. The summed E-state index contributed by atoms with van der Waals surface area (Å²) in [7, 11) is 1.60. The van der Waals surface area contributed by atoms with Crippen molar-refractivity contribution in [3.05, 3.63) is 70.8 Å². The second-order valence-electron chi connectivity index (χ2n) is 6.10. The molecule has 3 heteroatoms. The van der Waals surface area contributed by atoms with Crippen molar-refractivity contribution in [1.29, 1.82) is 0 Å². The quantitative estimate of drug-likeness (QED) is 0.436. The van der Waals surface area contributed by atoms with Gasteiger partial charge in [0.25, 0.3) is 0 Å². The molecule has 0 bridgehead atoms. The Hall–Kier alpha value is -2.39. The minimum absolute atomic E-state index is 0.657. The van der Waals surface area contributed by atoms with Crippen LogP contribution in [0.4, 0.5) is 0 Å². The van der Waals surface area contributed by atoms with Gasteiger partial charge in [-0.2, -0.15) is 0 Å². The lowest BCUT2D eigenvalue weighted by atomic mass is 10.0. The van der Waals surface area contributed by atoms with Gasteiger partial charge >= 0.3 is 0 Å². The minimum Gasteiger partial charge on any atom is -0.497 e. The normalized spacial score (nSPS) is 11.4. The Balaban J connectivity index is 1.73. The van der Waals surface area contributed by atoms with Crippen molar-refractivity contribution in [3.63, 3.8) is 0 Å². The molecule has 0 aliphatic heterocycles. The van der Waals surface area contributed by atoms with E-state index >= 15 is 0 Å². The first-order valence-corrected chi connectivity index (χ1v) is 8.65. The SMILES string of the molecule is COc1ccc(/C=C(/C)CCCCOCc2ccccc2)c(C=O)c1. The summed E-state index contributed by atoms with van der Waals surface area (Å²) in [5.74, 6) is 0.701. The molecule has 3 nitrogen and oxygen atoms in total. The molecular weight excluding hydrogens is 312 g/mol. The van der Waals surface area contributed by atoms with E-state index in [9.17, 15) is 4.79 Å². The van der Waals surface area contributed by atoms with Gasteiger partial charge in [0.1, 0.15) is 5.75 Å². The Kier molecular flexibility index (Phi) is 7.93. The number of rotatable bonds is 10. The summed E-state index contributed by atoms with van der Waals surface area (Å²) < 4.78 is 10.9. The van der Waals surface area contributed by atoms with E-state index in [4.69, 9.17) is 9.47 Å². The molecule has 2 aromatic carbocycles. The Morgan fingerprint density at radius 2 is 1.84 bits per heavy atom. The lowest BCUT2D eigenvalue weighted by molar-refractivity contribution is 0.112. The van der Waals surface area contributed by atoms with Crippen LogP contribution in [0.5, 0.6) is 5.75 Å². The molecule has 0 atom stereocenters. The highest BCUT2D eigenvalue weighted by Gasteiger charge is 2.02. The monoisotopic (exact) mass is 338 g/mol. The van der Waals surface area contributed by atoms with E-state index in [2.05, 4.69) is 25.1 Å². The van der Waals surface area contributed by atoms with Crippen LogP contribution in [0.15, 0.2) is 54.1 Å². The number of hydrogen-bond donors (Lipinski definition) is 0. The van der Waals surface area contributed by atoms with Crippen molar-refractivity contribution in [2.75, 3.05) is 13.7 Å². The van der Waals surface area contributed by atoms with Crippen LogP contribution >= 0.6 is 0 Å². The fraction of sp³-hybridized carbons (Fsp3) is 0.318. The Morgan fingerprint density at radius 1 is 1.04 bits per heavy atom. The second-order valence-corrected chi connectivity index (χ2v) is 6.10. The molecule has 0 N–H and O–H groups in total. The van der Waals surface area contributed by atoms with Gasteiger partial charge in [-0.15, -0.1) is 0 Å². The summed E-state index contributed by atoms with van der Waals surface area (Å²) in [6.45, 7) is 3.54. The lowest BCUT2D eigenvalue weighted by Gasteiger charge is -2.07. The van der Waals surface area contributed by atoms with Gasteiger partial charge in [0.15, 0.2) is 6.29 Å². The van der Waals surface area contributed by atoms with E-state index in [-0.39, 0.29) is 0 Å². The third-order valence-electron chi connectivity index (χ3n) is 4.04. The third-order valence-corrected chi connectivity index (χ3v) is 4.04. The third kappa shape index (κ3) is 6.55. The number of benzene rings is 2. The summed E-state index contributed by atoms with van der Waals surface area (Å²) in [4.78, 5) is 11.2. The number of unbranched alkanes of at least 4 members (excludes halogenated alkanes) is 1. The van der Waals surface area contributed by atoms with Gasteiger partial charge < -0.3 is 9.47 Å². The minimum atomic E-state index is 0.657. The molecule has 2 aromatic rings. The maximum Gasteiger partial charge on any atom is 0.150 e. The number of hydrogen-bond acceptors (Lipinski definition) is 3. The zero-order valence-electron chi connectivity index (χ0n) is 15.0. The van der Waals surface area contributed by atoms with Crippen LogP contribution in [-0.2, 0) is 11.3 Å². The highest BCUT2D eigenvalue weighted by Crippen LogP contribution is 2.20. The molecule has 0 spiro atoms. The summed E-state index contributed by atoms with van der Waals surface area (Å²) >= 11 is 0. The van der Waals surface area contributed by atoms with Crippen LogP contribution in [-0.4, -0.2) is 20.0 Å². The predicted octanol–water partition coefficient (Wildman–Crippen LogP) is 5.30. The first kappa shape index (κ1) is 18.9. The summed E-state index contributed by atoms with van der Waals surface area (Å²) in [6.07, 6.45) is 6.05.